The second kappa shape index (κ2) is 6.06. The number of nitrogens with zero attached hydrogens (tertiary/aromatic N) is 2. The smallest absolute Gasteiger partial charge is 0.255 e. The van der Waals surface area contributed by atoms with Crippen LogP contribution in [0, 0.1) is 5.82 Å². The molecule has 106 valence electrons. The molecule has 0 atom stereocenters. The molecule has 0 amide bonds. The van der Waals surface area contributed by atoms with E-state index in [9.17, 15) is 9.18 Å². The lowest BCUT2D eigenvalue weighted by atomic mass is 10.1. The molecule has 6 heteroatoms. The Morgan fingerprint density at radius 2 is 2.10 bits per heavy atom. The maximum Gasteiger partial charge on any atom is 0.255 e. The van der Waals surface area contributed by atoms with E-state index in [1.807, 2.05) is 13.8 Å². The summed E-state index contributed by atoms with van der Waals surface area (Å²) < 4.78 is 15.3. The van der Waals surface area contributed by atoms with Crippen molar-refractivity contribution in [2.24, 2.45) is 0 Å². The highest BCUT2D eigenvalue weighted by Crippen LogP contribution is 2.20. The minimum absolute atomic E-state index is 0.0561. The molecule has 0 aliphatic heterocycles. The maximum atomic E-state index is 13.1. The van der Waals surface area contributed by atoms with E-state index in [1.54, 1.807) is 10.6 Å². The van der Waals surface area contributed by atoms with Crippen LogP contribution in [0.1, 0.15) is 31.2 Å². The Labute approximate surface area is 129 Å². The number of hydrogen-bond acceptors (Lipinski definition) is 2. The lowest BCUT2D eigenvalue weighted by Gasteiger charge is -2.15. The van der Waals surface area contributed by atoms with E-state index < -0.39 is 0 Å². The predicted octanol–water partition coefficient (Wildman–Crippen LogP) is 3.97. The number of benzene rings is 1. The third-order valence-electron chi connectivity index (χ3n) is 2.87. The van der Waals surface area contributed by atoms with E-state index in [-0.39, 0.29) is 22.4 Å². The summed E-state index contributed by atoms with van der Waals surface area (Å²) >= 11 is 9.14. The van der Waals surface area contributed by atoms with Crippen molar-refractivity contribution in [3.05, 3.63) is 61.5 Å². The predicted molar refractivity (Wildman–Crippen MR) is 80.8 cm³/mol. The van der Waals surface area contributed by atoms with E-state index in [2.05, 4.69) is 20.9 Å². The third kappa shape index (κ3) is 3.27. The molecule has 0 spiro atoms. The summed E-state index contributed by atoms with van der Waals surface area (Å²) in [4.78, 5) is 16.3. The quantitative estimate of drug-likeness (QED) is 0.777. The number of aromatic nitrogens is 2. The lowest BCUT2D eigenvalue weighted by molar-refractivity contribution is 0.613. The summed E-state index contributed by atoms with van der Waals surface area (Å²) in [6.07, 6.45) is 0. The van der Waals surface area contributed by atoms with Gasteiger partial charge in [0.2, 0.25) is 0 Å². The zero-order chi connectivity index (χ0) is 14.9. The monoisotopic (exact) mass is 358 g/mol. The molecule has 0 saturated carbocycles. The van der Waals surface area contributed by atoms with Crippen molar-refractivity contribution in [3.63, 3.8) is 0 Å². The van der Waals surface area contributed by atoms with Crippen LogP contribution in [0.15, 0.2) is 33.5 Å². The molecule has 1 aromatic carbocycles. The second-order valence-corrected chi connectivity index (χ2v) is 5.99. The molecule has 2 aromatic rings. The van der Waals surface area contributed by atoms with Crippen molar-refractivity contribution in [3.8, 4) is 0 Å². The molecule has 1 heterocycles. The van der Waals surface area contributed by atoms with Crippen LogP contribution in [0.4, 0.5) is 4.39 Å². The van der Waals surface area contributed by atoms with Gasteiger partial charge in [0.1, 0.15) is 16.8 Å². The average Bonchev–Trinajstić information content (AvgIpc) is 2.34. The van der Waals surface area contributed by atoms with Gasteiger partial charge in [0, 0.05) is 16.5 Å². The van der Waals surface area contributed by atoms with Gasteiger partial charge in [-0.1, -0.05) is 47.4 Å². The van der Waals surface area contributed by atoms with Gasteiger partial charge in [-0.05, 0) is 17.7 Å². The SMILES string of the molecule is CC(C)c1nc(Cl)cc(=O)n1Cc1ccc(F)cc1Br. The molecule has 0 saturated heterocycles. The van der Waals surface area contributed by atoms with Crippen LogP contribution in [0.5, 0.6) is 0 Å². The Kier molecular flexibility index (Phi) is 4.60. The third-order valence-corrected chi connectivity index (χ3v) is 3.80. The van der Waals surface area contributed by atoms with Crippen molar-refractivity contribution in [1.82, 2.24) is 9.55 Å². The van der Waals surface area contributed by atoms with Crippen LogP contribution in [-0.2, 0) is 6.54 Å². The average molecular weight is 360 g/mol. The lowest BCUT2D eigenvalue weighted by Crippen LogP contribution is -2.26. The molecule has 0 fully saturated rings. The van der Waals surface area contributed by atoms with Gasteiger partial charge < -0.3 is 0 Å². The molecule has 0 N–H and O–H groups in total. The topological polar surface area (TPSA) is 34.9 Å². The highest BCUT2D eigenvalue weighted by Gasteiger charge is 2.13. The summed E-state index contributed by atoms with van der Waals surface area (Å²) in [6, 6.07) is 5.66. The van der Waals surface area contributed by atoms with Crippen LogP contribution in [0.2, 0.25) is 5.15 Å². The Balaban J connectivity index is 2.50. The van der Waals surface area contributed by atoms with Gasteiger partial charge in [-0.25, -0.2) is 9.37 Å². The van der Waals surface area contributed by atoms with Gasteiger partial charge in [-0.15, -0.1) is 0 Å². The van der Waals surface area contributed by atoms with Crippen molar-refractivity contribution < 1.29 is 4.39 Å². The highest BCUT2D eigenvalue weighted by molar-refractivity contribution is 9.10. The van der Waals surface area contributed by atoms with E-state index in [4.69, 9.17) is 11.6 Å². The Bertz CT molecular complexity index is 700. The molecule has 0 bridgehead atoms. The fourth-order valence-corrected chi connectivity index (χ4v) is 2.57. The van der Waals surface area contributed by atoms with E-state index in [1.165, 1.54) is 18.2 Å². The summed E-state index contributed by atoms with van der Waals surface area (Å²) in [5.41, 5.74) is 0.587. The zero-order valence-electron chi connectivity index (χ0n) is 11.0. The van der Waals surface area contributed by atoms with E-state index >= 15 is 0 Å². The Hall–Kier alpha value is -1.20. The number of hydrogen-bond donors (Lipinski definition) is 0. The van der Waals surface area contributed by atoms with Gasteiger partial charge in [-0.2, -0.15) is 0 Å². The largest absolute Gasteiger partial charge is 0.292 e. The molecule has 1 aromatic heterocycles. The summed E-state index contributed by atoms with van der Waals surface area (Å²) in [5.74, 6) is 0.339. The van der Waals surface area contributed by atoms with Crippen molar-refractivity contribution in [2.45, 2.75) is 26.3 Å². The first-order valence-electron chi connectivity index (χ1n) is 6.09. The fraction of sp³-hybridized carbons (Fsp3) is 0.286. The van der Waals surface area contributed by atoms with Gasteiger partial charge in [0.05, 0.1) is 6.54 Å². The van der Waals surface area contributed by atoms with Crippen molar-refractivity contribution >= 4 is 27.5 Å². The first kappa shape index (κ1) is 15.2. The van der Waals surface area contributed by atoms with Crippen molar-refractivity contribution in [1.29, 1.82) is 0 Å². The second-order valence-electron chi connectivity index (χ2n) is 4.75. The van der Waals surface area contributed by atoms with Crippen LogP contribution in [-0.4, -0.2) is 9.55 Å². The van der Waals surface area contributed by atoms with Gasteiger partial charge >= 0.3 is 0 Å². The Morgan fingerprint density at radius 3 is 2.70 bits per heavy atom. The maximum absolute atomic E-state index is 13.1. The molecule has 3 nitrogen and oxygen atoms in total. The summed E-state index contributed by atoms with van der Waals surface area (Å²) in [6.45, 7) is 4.19. The standard InChI is InChI=1S/C14H13BrClFN2O/c1-8(2)14-18-12(16)6-13(20)19(14)7-9-3-4-10(17)5-11(9)15/h3-6,8H,7H2,1-2H3. The molecule has 20 heavy (non-hydrogen) atoms. The first-order chi connectivity index (χ1) is 9.38. The zero-order valence-corrected chi connectivity index (χ0v) is 13.4. The number of halogens is 3. The number of rotatable bonds is 3. The van der Waals surface area contributed by atoms with E-state index in [0.29, 0.717) is 16.8 Å². The fourth-order valence-electron chi connectivity index (χ4n) is 1.91. The van der Waals surface area contributed by atoms with Gasteiger partial charge in [0.25, 0.3) is 5.56 Å². The highest BCUT2D eigenvalue weighted by atomic mass is 79.9. The Morgan fingerprint density at radius 1 is 1.40 bits per heavy atom. The molecule has 0 aliphatic rings. The van der Waals surface area contributed by atoms with Crippen LogP contribution >= 0.6 is 27.5 Å². The van der Waals surface area contributed by atoms with Gasteiger partial charge in [0.15, 0.2) is 0 Å². The normalized spacial score (nSPS) is 11.1. The van der Waals surface area contributed by atoms with Crippen molar-refractivity contribution in [2.75, 3.05) is 0 Å². The van der Waals surface area contributed by atoms with Crippen LogP contribution < -0.4 is 5.56 Å². The van der Waals surface area contributed by atoms with Gasteiger partial charge in [-0.3, -0.25) is 9.36 Å². The minimum Gasteiger partial charge on any atom is -0.292 e. The molecule has 0 unspecified atom stereocenters. The molecular weight excluding hydrogens is 347 g/mol. The molecular formula is C14H13BrClFN2O. The molecule has 0 radical (unpaired) electrons. The van der Waals surface area contributed by atoms with E-state index in [0.717, 1.165) is 5.56 Å². The summed E-state index contributed by atoms with van der Waals surface area (Å²) in [7, 11) is 0. The minimum atomic E-state index is -0.328. The molecule has 0 aliphatic carbocycles. The summed E-state index contributed by atoms with van der Waals surface area (Å²) in [5, 5.41) is 0.188. The van der Waals surface area contributed by atoms with Crippen LogP contribution in [0.3, 0.4) is 0 Å². The first-order valence-corrected chi connectivity index (χ1v) is 7.27. The van der Waals surface area contributed by atoms with Crippen LogP contribution in [0.25, 0.3) is 0 Å². The molecule has 2 rings (SSSR count).